The van der Waals surface area contributed by atoms with Crippen LogP contribution in [0, 0.1) is 5.41 Å². The molecule has 0 atom stereocenters. The Balaban J connectivity index is 1.94. The minimum Gasteiger partial charge on any atom is -0.383 e. The lowest BCUT2D eigenvalue weighted by molar-refractivity contribution is 0.0920. The molecule has 5 nitrogen and oxygen atoms in total. The highest BCUT2D eigenvalue weighted by Crippen LogP contribution is 2.34. The zero-order chi connectivity index (χ0) is 13.2. The van der Waals surface area contributed by atoms with Crippen LogP contribution in [-0.4, -0.2) is 22.2 Å². The zero-order valence-corrected chi connectivity index (χ0v) is 11.2. The Kier molecular flexibility index (Phi) is 3.59. The van der Waals surface area contributed by atoms with Crippen molar-refractivity contribution in [3.63, 3.8) is 0 Å². The molecule has 1 aromatic heterocycles. The first kappa shape index (κ1) is 12.9. The third kappa shape index (κ3) is 2.66. The molecular weight excluding hydrogens is 228 g/mol. The monoisotopic (exact) mass is 250 g/mol. The van der Waals surface area contributed by atoms with E-state index in [9.17, 15) is 4.79 Å². The number of aromatic nitrogens is 2. The molecule has 5 heteroatoms. The Hall–Kier alpha value is -1.52. The van der Waals surface area contributed by atoms with Crippen molar-refractivity contribution < 1.29 is 4.79 Å². The quantitative estimate of drug-likeness (QED) is 0.857. The van der Waals surface area contributed by atoms with Crippen LogP contribution in [-0.2, 0) is 7.05 Å². The van der Waals surface area contributed by atoms with Gasteiger partial charge in [0.05, 0.1) is 6.20 Å². The van der Waals surface area contributed by atoms with Gasteiger partial charge in [-0.3, -0.25) is 9.48 Å². The molecule has 0 unspecified atom stereocenters. The molecule has 0 aliphatic heterocycles. The maximum atomic E-state index is 12.0. The van der Waals surface area contributed by atoms with Gasteiger partial charge in [0.15, 0.2) is 0 Å². The standard InChI is InChI=1S/C13H22N4O/c1-13(6-4-3-5-7-13)9-15-12(18)10-8-16-17(2)11(10)14/h8H,3-7,9,14H2,1-2H3,(H,15,18). The number of aryl methyl sites for hydroxylation is 1. The summed E-state index contributed by atoms with van der Waals surface area (Å²) in [6.45, 7) is 2.97. The van der Waals surface area contributed by atoms with Crippen molar-refractivity contribution in [1.29, 1.82) is 0 Å². The number of nitrogen functional groups attached to an aromatic ring is 1. The number of anilines is 1. The van der Waals surface area contributed by atoms with Gasteiger partial charge >= 0.3 is 0 Å². The topological polar surface area (TPSA) is 72.9 Å². The number of nitrogens with one attached hydrogen (secondary N) is 1. The molecule has 2 rings (SSSR count). The molecule has 1 aromatic rings. The number of hydrogen-bond acceptors (Lipinski definition) is 3. The van der Waals surface area contributed by atoms with Gasteiger partial charge < -0.3 is 11.1 Å². The third-order valence-electron chi connectivity index (χ3n) is 3.97. The van der Waals surface area contributed by atoms with Crippen LogP contribution in [0.2, 0.25) is 0 Å². The summed E-state index contributed by atoms with van der Waals surface area (Å²) in [7, 11) is 1.73. The number of hydrogen-bond donors (Lipinski definition) is 2. The van der Waals surface area contributed by atoms with E-state index in [1.54, 1.807) is 7.05 Å². The van der Waals surface area contributed by atoms with Gasteiger partial charge in [-0.1, -0.05) is 26.2 Å². The first-order valence-corrected chi connectivity index (χ1v) is 6.57. The Bertz CT molecular complexity index is 432. The summed E-state index contributed by atoms with van der Waals surface area (Å²) < 4.78 is 1.51. The van der Waals surface area contributed by atoms with Crippen molar-refractivity contribution in [3.8, 4) is 0 Å². The lowest BCUT2D eigenvalue weighted by Crippen LogP contribution is -2.37. The fraction of sp³-hybridized carbons (Fsp3) is 0.692. The minimum atomic E-state index is -0.118. The molecule has 1 heterocycles. The molecule has 0 radical (unpaired) electrons. The molecule has 1 aliphatic carbocycles. The van der Waals surface area contributed by atoms with E-state index in [1.165, 1.54) is 43.0 Å². The Morgan fingerprint density at radius 3 is 2.72 bits per heavy atom. The van der Waals surface area contributed by atoms with E-state index < -0.39 is 0 Å². The largest absolute Gasteiger partial charge is 0.383 e. The molecule has 1 saturated carbocycles. The number of carbonyl (C=O) groups is 1. The van der Waals surface area contributed by atoms with Gasteiger partial charge in [-0.2, -0.15) is 5.10 Å². The molecule has 1 fully saturated rings. The van der Waals surface area contributed by atoms with Crippen molar-refractivity contribution in [1.82, 2.24) is 15.1 Å². The number of rotatable bonds is 3. The van der Waals surface area contributed by atoms with E-state index in [1.807, 2.05) is 0 Å². The van der Waals surface area contributed by atoms with Crippen LogP contribution in [0.5, 0.6) is 0 Å². The Morgan fingerprint density at radius 1 is 1.50 bits per heavy atom. The lowest BCUT2D eigenvalue weighted by atomic mass is 9.76. The van der Waals surface area contributed by atoms with E-state index in [0.717, 1.165) is 6.54 Å². The van der Waals surface area contributed by atoms with Crippen LogP contribution >= 0.6 is 0 Å². The summed E-state index contributed by atoms with van der Waals surface area (Å²) in [6, 6.07) is 0. The van der Waals surface area contributed by atoms with E-state index in [0.29, 0.717) is 11.4 Å². The summed E-state index contributed by atoms with van der Waals surface area (Å²) in [6.07, 6.45) is 7.75. The molecule has 18 heavy (non-hydrogen) atoms. The zero-order valence-electron chi connectivity index (χ0n) is 11.2. The van der Waals surface area contributed by atoms with Crippen LogP contribution in [0.4, 0.5) is 5.82 Å². The molecule has 0 aromatic carbocycles. The fourth-order valence-corrected chi connectivity index (χ4v) is 2.59. The van der Waals surface area contributed by atoms with Crippen molar-refractivity contribution in [2.45, 2.75) is 39.0 Å². The van der Waals surface area contributed by atoms with Crippen LogP contribution < -0.4 is 11.1 Å². The maximum Gasteiger partial charge on any atom is 0.256 e. The second-order valence-corrected chi connectivity index (χ2v) is 5.62. The molecule has 0 bridgehead atoms. The second kappa shape index (κ2) is 5.00. The summed E-state index contributed by atoms with van der Waals surface area (Å²) in [5, 5.41) is 6.97. The number of carbonyl (C=O) groups excluding carboxylic acids is 1. The Morgan fingerprint density at radius 2 is 2.17 bits per heavy atom. The van der Waals surface area contributed by atoms with E-state index >= 15 is 0 Å². The van der Waals surface area contributed by atoms with Gasteiger partial charge in [0, 0.05) is 13.6 Å². The summed E-state index contributed by atoms with van der Waals surface area (Å²) in [5.41, 5.74) is 6.50. The van der Waals surface area contributed by atoms with Gasteiger partial charge in [0.1, 0.15) is 11.4 Å². The highest BCUT2D eigenvalue weighted by Gasteiger charge is 2.27. The lowest BCUT2D eigenvalue weighted by Gasteiger charge is -2.33. The molecule has 0 saturated heterocycles. The molecular formula is C13H22N4O. The van der Waals surface area contributed by atoms with Crippen LogP contribution in [0.25, 0.3) is 0 Å². The van der Waals surface area contributed by atoms with E-state index in [4.69, 9.17) is 5.73 Å². The van der Waals surface area contributed by atoms with Crippen molar-refractivity contribution in [3.05, 3.63) is 11.8 Å². The molecule has 1 aliphatic rings. The van der Waals surface area contributed by atoms with E-state index in [2.05, 4.69) is 17.3 Å². The van der Waals surface area contributed by atoms with Crippen molar-refractivity contribution in [2.24, 2.45) is 12.5 Å². The number of nitrogens with two attached hydrogens (primary N) is 1. The van der Waals surface area contributed by atoms with Crippen molar-refractivity contribution in [2.75, 3.05) is 12.3 Å². The predicted molar refractivity (Wildman–Crippen MR) is 71.1 cm³/mol. The van der Waals surface area contributed by atoms with Gasteiger partial charge in [-0.15, -0.1) is 0 Å². The van der Waals surface area contributed by atoms with Crippen LogP contribution in [0.3, 0.4) is 0 Å². The maximum absolute atomic E-state index is 12.0. The number of nitrogens with zero attached hydrogens (tertiary/aromatic N) is 2. The first-order valence-electron chi connectivity index (χ1n) is 6.57. The SMILES string of the molecule is Cn1ncc(C(=O)NCC2(C)CCCCC2)c1N. The summed E-state index contributed by atoms with van der Waals surface area (Å²) in [4.78, 5) is 12.0. The first-order chi connectivity index (χ1) is 8.52. The minimum absolute atomic E-state index is 0.118. The van der Waals surface area contributed by atoms with E-state index in [-0.39, 0.29) is 11.3 Å². The summed E-state index contributed by atoms with van der Waals surface area (Å²) >= 11 is 0. The molecule has 0 spiro atoms. The normalized spacial score (nSPS) is 18.6. The van der Waals surface area contributed by atoms with Crippen molar-refractivity contribution >= 4 is 11.7 Å². The smallest absolute Gasteiger partial charge is 0.256 e. The molecule has 3 N–H and O–H groups in total. The fourth-order valence-electron chi connectivity index (χ4n) is 2.59. The molecule has 100 valence electrons. The highest BCUT2D eigenvalue weighted by atomic mass is 16.1. The predicted octanol–water partition coefficient (Wildman–Crippen LogP) is 1.70. The summed E-state index contributed by atoms with van der Waals surface area (Å²) in [5.74, 6) is 0.300. The van der Waals surface area contributed by atoms with Crippen LogP contribution in [0.1, 0.15) is 49.4 Å². The number of amides is 1. The van der Waals surface area contributed by atoms with Gasteiger partial charge in [0.25, 0.3) is 5.91 Å². The molecule has 1 amide bonds. The van der Waals surface area contributed by atoms with Crippen LogP contribution in [0.15, 0.2) is 6.20 Å². The second-order valence-electron chi connectivity index (χ2n) is 5.62. The van der Waals surface area contributed by atoms with Gasteiger partial charge in [0.2, 0.25) is 0 Å². The third-order valence-corrected chi connectivity index (χ3v) is 3.97. The highest BCUT2D eigenvalue weighted by molar-refractivity contribution is 5.98. The Labute approximate surface area is 108 Å². The average Bonchev–Trinajstić information content (AvgIpc) is 2.68. The van der Waals surface area contributed by atoms with Gasteiger partial charge in [-0.25, -0.2) is 0 Å². The average molecular weight is 250 g/mol. The van der Waals surface area contributed by atoms with Gasteiger partial charge in [-0.05, 0) is 18.3 Å².